The lowest BCUT2D eigenvalue weighted by atomic mass is 9.97. The van der Waals surface area contributed by atoms with Crippen LogP contribution in [0.15, 0.2) is 18.3 Å². The van der Waals surface area contributed by atoms with E-state index >= 15 is 0 Å². The number of carboxylic acid groups (broad SMARTS) is 1. The lowest BCUT2D eigenvalue weighted by Gasteiger charge is -2.40. The highest BCUT2D eigenvalue weighted by molar-refractivity contribution is 5.99. The van der Waals surface area contributed by atoms with E-state index in [1.54, 1.807) is 26.0 Å². The number of rotatable bonds is 7. The van der Waals surface area contributed by atoms with Gasteiger partial charge in [0.2, 0.25) is 11.7 Å². The van der Waals surface area contributed by atoms with E-state index in [9.17, 15) is 19.5 Å². The van der Waals surface area contributed by atoms with Crippen LogP contribution in [0.3, 0.4) is 0 Å². The molecule has 1 aliphatic heterocycles. The van der Waals surface area contributed by atoms with Crippen LogP contribution in [0.25, 0.3) is 5.70 Å². The fourth-order valence-electron chi connectivity index (χ4n) is 3.33. The molecule has 1 aromatic carbocycles. The molecule has 0 radical (unpaired) electrons. The number of hydrogen-bond acceptors (Lipinski definition) is 6. The maximum absolute atomic E-state index is 13.2. The lowest BCUT2D eigenvalue weighted by Crippen LogP contribution is -2.55. The second-order valence-electron chi connectivity index (χ2n) is 6.86. The van der Waals surface area contributed by atoms with Crippen LogP contribution in [0.1, 0.15) is 26.3 Å². The van der Waals surface area contributed by atoms with Crippen molar-refractivity contribution in [1.29, 1.82) is 0 Å². The molecule has 9 nitrogen and oxygen atoms in total. The van der Waals surface area contributed by atoms with E-state index in [1.807, 2.05) is 0 Å². The van der Waals surface area contributed by atoms with Crippen molar-refractivity contribution < 1.29 is 33.7 Å². The van der Waals surface area contributed by atoms with Crippen molar-refractivity contribution in [2.45, 2.75) is 26.8 Å². The number of hydrogen-bond donors (Lipinski definition) is 1. The van der Waals surface area contributed by atoms with E-state index in [-0.39, 0.29) is 17.5 Å². The summed E-state index contributed by atoms with van der Waals surface area (Å²) in [6, 6.07) is 2.41. The summed E-state index contributed by atoms with van der Waals surface area (Å²) in [6.45, 7) is 4.42. The van der Waals surface area contributed by atoms with E-state index in [4.69, 9.17) is 14.2 Å². The molecule has 0 bridgehead atoms. The Balaban J connectivity index is 2.74. The van der Waals surface area contributed by atoms with Gasteiger partial charge >= 0.3 is 5.97 Å². The molecule has 0 saturated heterocycles. The summed E-state index contributed by atoms with van der Waals surface area (Å²) in [6.07, 6.45) is 1.50. The molecular formula is C20H26N2O7. The molecule has 1 N–H and O–H groups in total. The van der Waals surface area contributed by atoms with Crippen molar-refractivity contribution in [3.05, 3.63) is 23.9 Å². The van der Waals surface area contributed by atoms with E-state index in [0.717, 1.165) is 4.90 Å². The van der Waals surface area contributed by atoms with Crippen LogP contribution in [0.5, 0.6) is 17.2 Å². The molecule has 1 heterocycles. The second kappa shape index (κ2) is 8.85. The Morgan fingerprint density at radius 3 is 2.03 bits per heavy atom. The molecule has 0 saturated carbocycles. The molecule has 0 fully saturated rings. The maximum atomic E-state index is 13.2. The minimum absolute atomic E-state index is 0.208. The summed E-state index contributed by atoms with van der Waals surface area (Å²) < 4.78 is 16.0. The Labute approximate surface area is 169 Å². The van der Waals surface area contributed by atoms with Crippen molar-refractivity contribution in [1.82, 2.24) is 9.80 Å². The zero-order chi connectivity index (χ0) is 21.9. The fourth-order valence-corrected chi connectivity index (χ4v) is 3.33. The highest BCUT2D eigenvalue weighted by Crippen LogP contribution is 2.41. The summed E-state index contributed by atoms with van der Waals surface area (Å²) in [5, 5.41) is 9.36. The van der Waals surface area contributed by atoms with Crippen LogP contribution >= 0.6 is 0 Å². The first-order valence-corrected chi connectivity index (χ1v) is 9.00. The summed E-state index contributed by atoms with van der Waals surface area (Å²) in [5.74, 6) is -1.14. The Morgan fingerprint density at radius 1 is 1.10 bits per heavy atom. The van der Waals surface area contributed by atoms with Crippen molar-refractivity contribution in [2.24, 2.45) is 5.92 Å². The average Bonchev–Trinajstić information content (AvgIpc) is 2.66. The van der Waals surface area contributed by atoms with Crippen LogP contribution in [0.4, 0.5) is 0 Å². The minimum Gasteiger partial charge on any atom is -0.493 e. The number of carbonyl (C=O) groups excluding carboxylic acids is 2. The van der Waals surface area contributed by atoms with Crippen LogP contribution in [-0.2, 0) is 14.4 Å². The highest BCUT2D eigenvalue weighted by atomic mass is 16.5. The normalized spacial score (nSPS) is 16.6. The van der Waals surface area contributed by atoms with E-state index in [2.05, 4.69) is 0 Å². The fraction of sp³-hybridized carbons (Fsp3) is 0.450. The maximum Gasteiger partial charge on any atom is 0.323 e. The third-order valence-electron chi connectivity index (χ3n) is 4.62. The number of amides is 2. The van der Waals surface area contributed by atoms with Crippen molar-refractivity contribution in [3.8, 4) is 17.2 Å². The van der Waals surface area contributed by atoms with Crippen LogP contribution in [0, 0.1) is 5.92 Å². The van der Waals surface area contributed by atoms with E-state index < -0.39 is 24.5 Å². The van der Waals surface area contributed by atoms with Gasteiger partial charge in [-0.3, -0.25) is 19.3 Å². The zero-order valence-electron chi connectivity index (χ0n) is 17.4. The molecule has 2 amide bonds. The quantitative estimate of drug-likeness (QED) is 0.736. The number of methoxy groups -OCH3 is 3. The summed E-state index contributed by atoms with van der Waals surface area (Å²) >= 11 is 0. The monoisotopic (exact) mass is 406 g/mol. The Bertz CT molecular complexity index is 822. The Morgan fingerprint density at radius 2 is 1.66 bits per heavy atom. The average molecular weight is 406 g/mol. The third kappa shape index (κ3) is 4.28. The van der Waals surface area contributed by atoms with Crippen molar-refractivity contribution >= 4 is 23.5 Å². The molecule has 1 aromatic rings. The van der Waals surface area contributed by atoms with Gasteiger partial charge in [0.15, 0.2) is 11.5 Å². The third-order valence-corrected chi connectivity index (χ3v) is 4.62. The summed E-state index contributed by atoms with van der Waals surface area (Å²) in [4.78, 5) is 39.4. The number of carboxylic acids is 1. The lowest BCUT2D eigenvalue weighted by molar-refractivity contribution is -0.148. The van der Waals surface area contributed by atoms with Crippen molar-refractivity contribution in [3.63, 3.8) is 0 Å². The second-order valence-corrected chi connectivity index (χ2v) is 6.86. The predicted octanol–water partition coefficient (Wildman–Crippen LogP) is 1.81. The number of ether oxygens (including phenoxy) is 3. The summed E-state index contributed by atoms with van der Waals surface area (Å²) in [5.41, 5.74) is 0.700. The van der Waals surface area contributed by atoms with Gasteiger partial charge in [-0.05, 0) is 18.1 Å². The standard InChI is InChI=1S/C20H26N2O7/c1-11(2)18-20(26)22(10-17(24)25)14(9-21(18)12(3)23)13-7-15(27-4)19(29-6)16(8-13)28-5/h7-9,11,18H,10H2,1-6H3,(H,24,25)/t18-/m0/s1. The van der Waals surface area contributed by atoms with Gasteiger partial charge < -0.3 is 24.2 Å². The SMILES string of the molecule is COc1cc(C2=CN(C(C)=O)[C@@H](C(C)C)C(=O)N2CC(=O)O)cc(OC)c1OC. The van der Waals surface area contributed by atoms with Gasteiger partial charge in [-0.1, -0.05) is 13.8 Å². The van der Waals surface area contributed by atoms with Crippen LogP contribution in [0.2, 0.25) is 0 Å². The topological polar surface area (TPSA) is 106 Å². The molecular weight excluding hydrogens is 380 g/mol. The minimum atomic E-state index is -1.17. The molecule has 9 heteroatoms. The number of carbonyl (C=O) groups is 3. The smallest absolute Gasteiger partial charge is 0.323 e. The molecule has 0 aliphatic carbocycles. The summed E-state index contributed by atoms with van der Waals surface area (Å²) in [7, 11) is 4.37. The number of aliphatic carboxylic acids is 1. The van der Waals surface area contributed by atoms with Crippen molar-refractivity contribution in [2.75, 3.05) is 27.9 Å². The Kier molecular flexibility index (Phi) is 6.73. The number of benzene rings is 1. The van der Waals surface area contributed by atoms with Gasteiger partial charge in [0.1, 0.15) is 12.6 Å². The molecule has 2 rings (SSSR count). The molecule has 1 atom stereocenters. The van der Waals surface area contributed by atoms with Gasteiger partial charge in [-0.15, -0.1) is 0 Å². The molecule has 29 heavy (non-hydrogen) atoms. The molecule has 1 aliphatic rings. The van der Waals surface area contributed by atoms with E-state index in [1.165, 1.54) is 39.4 Å². The molecule has 158 valence electrons. The van der Waals surface area contributed by atoms with Gasteiger partial charge in [0, 0.05) is 18.7 Å². The number of nitrogens with zero attached hydrogens (tertiary/aromatic N) is 2. The van der Waals surface area contributed by atoms with Gasteiger partial charge in [0.25, 0.3) is 5.91 Å². The van der Waals surface area contributed by atoms with Gasteiger partial charge in [0.05, 0.1) is 27.0 Å². The van der Waals surface area contributed by atoms with E-state index in [0.29, 0.717) is 22.8 Å². The largest absolute Gasteiger partial charge is 0.493 e. The van der Waals surface area contributed by atoms with Crippen LogP contribution in [-0.4, -0.2) is 66.6 Å². The highest BCUT2D eigenvalue weighted by Gasteiger charge is 2.40. The van der Waals surface area contributed by atoms with Crippen LogP contribution < -0.4 is 14.2 Å². The predicted molar refractivity (Wildman–Crippen MR) is 105 cm³/mol. The first kappa shape index (κ1) is 22.1. The van der Waals surface area contributed by atoms with Gasteiger partial charge in [-0.2, -0.15) is 0 Å². The zero-order valence-corrected chi connectivity index (χ0v) is 17.4. The van der Waals surface area contributed by atoms with Gasteiger partial charge in [-0.25, -0.2) is 0 Å². The first-order chi connectivity index (χ1) is 13.7. The molecule has 0 aromatic heterocycles. The Hall–Kier alpha value is -3.23. The molecule has 0 spiro atoms. The first-order valence-electron chi connectivity index (χ1n) is 9.00. The molecule has 0 unspecified atom stereocenters.